The summed E-state index contributed by atoms with van der Waals surface area (Å²) in [6.07, 6.45) is 5.76. The van der Waals surface area contributed by atoms with E-state index in [1.165, 1.54) is 0 Å². The van der Waals surface area contributed by atoms with Crippen LogP contribution in [0.5, 0.6) is 0 Å². The van der Waals surface area contributed by atoms with E-state index in [4.69, 9.17) is 9.84 Å². The van der Waals surface area contributed by atoms with E-state index in [9.17, 15) is 14.4 Å². The van der Waals surface area contributed by atoms with Gasteiger partial charge in [0.25, 0.3) is 0 Å². The Hall–Kier alpha value is -3.61. The third-order valence-corrected chi connectivity index (χ3v) is 7.25. The number of rotatable bonds is 7. The van der Waals surface area contributed by atoms with E-state index >= 15 is 0 Å². The van der Waals surface area contributed by atoms with Crippen molar-refractivity contribution in [2.75, 3.05) is 6.61 Å². The lowest BCUT2D eigenvalue weighted by Gasteiger charge is -2.33. The predicted octanol–water partition coefficient (Wildman–Crippen LogP) is 3.84. The monoisotopic (exact) mass is 460 g/mol. The minimum absolute atomic E-state index is 0.0503. The number of hydrogen-bond acceptors (Lipinski definition) is 4. The molecule has 176 valence electrons. The van der Waals surface area contributed by atoms with Crippen molar-refractivity contribution in [3.63, 3.8) is 0 Å². The first-order valence-electron chi connectivity index (χ1n) is 11.8. The average Bonchev–Trinajstić information content (AvgIpc) is 3.39. The predicted molar refractivity (Wildman–Crippen MR) is 126 cm³/mol. The standard InChI is InChI=1S/C27H28N2O5/c30-25(28-18-13-12-17(14-18)26(31)32)24(16-6-5-7-16)29-27(33)34-15-23-21-10-3-1-8-19(21)20-9-2-4-11-22(20)23/h1-4,8-13,16-18,23-24H,5-7,14-15H2,(H,28,30)(H,29,33)(H,31,32). The summed E-state index contributed by atoms with van der Waals surface area (Å²) >= 11 is 0. The molecule has 5 rings (SSSR count). The molecule has 2 amide bonds. The maximum absolute atomic E-state index is 13.0. The van der Waals surface area contributed by atoms with Gasteiger partial charge in [0, 0.05) is 12.0 Å². The number of hydrogen-bond donors (Lipinski definition) is 3. The average molecular weight is 461 g/mol. The molecule has 3 atom stereocenters. The van der Waals surface area contributed by atoms with Gasteiger partial charge >= 0.3 is 12.1 Å². The number of fused-ring (bicyclic) bond motifs is 3. The molecule has 7 nitrogen and oxygen atoms in total. The number of amides is 2. The Balaban J connectivity index is 1.22. The molecular weight excluding hydrogens is 432 g/mol. The molecule has 3 N–H and O–H groups in total. The number of aliphatic carboxylic acids is 1. The van der Waals surface area contributed by atoms with Crippen LogP contribution in [-0.2, 0) is 14.3 Å². The molecule has 0 saturated heterocycles. The summed E-state index contributed by atoms with van der Waals surface area (Å²) in [7, 11) is 0. The van der Waals surface area contributed by atoms with Crippen molar-refractivity contribution >= 4 is 18.0 Å². The lowest BCUT2D eigenvalue weighted by atomic mass is 9.79. The number of carbonyl (C=O) groups is 3. The summed E-state index contributed by atoms with van der Waals surface area (Å²) in [5.74, 6) is -1.78. The van der Waals surface area contributed by atoms with Crippen molar-refractivity contribution in [2.24, 2.45) is 11.8 Å². The van der Waals surface area contributed by atoms with Crippen molar-refractivity contribution in [1.29, 1.82) is 0 Å². The number of alkyl carbamates (subject to hydrolysis) is 1. The van der Waals surface area contributed by atoms with E-state index in [0.29, 0.717) is 6.42 Å². The molecule has 0 spiro atoms. The SMILES string of the molecule is O=C(NC(C(=O)NC1C=CC(C(=O)O)C1)C1CCC1)OCC1c2ccccc2-c2ccccc21. The molecule has 2 aromatic carbocycles. The Morgan fingerprint density at radius 3 is 2.18 bits per heavy atom. The Morgan fingerprint density at radius 2 is 1.62 bits per heavy atom. The highest BCUT2D eigenvalue weighted by molar-refractivity contribution is 5.87. The molecule has 34 heavy (non-hydrogen) atoms. The molecule has 3 aliphatic rings. The van der Waals surface area contributed by atoms with Gasteiger partial charge in [0.2, 0.25) is 5.91 Å². The zero-order valence-electron chi connectivity index (χ0n) is 18.8. The number of carbonyl (C=O) groups excluding carboxylic acids is 2. The van der Waals surface area contributed by atoms with Crippen molar-refractivity contribution in [3.05, 3.63) is 71.8 Å². The van der Waals surface area contributed by atoms with E-state index in [0.717, 1.165) is 41.5 Å². The Labute approximate surface area is 198 Å². The lowest BCUT2D eigenvalue weighted by molar-refractivity contribution is -0.140. The molecule has 0 aromatic heterocycles. The molecule has 0 bridgehead atoms. The number of ether oxygens (including phenoxy) is 1. The van der Waals surface area contributed by atoms with Crippen molar-refractivity contribution in [2.45, 2.75) is 43.7 Å². The largest absolute Gasteiger partial charge is 0.481 e. The summed E-state index contributed by atoms with van der Waals surface area (Å²) in [6.45, 7) is 0.185. The second-order valence-electron chi connectivity index (χ2n) is 9.32. The summed E-state index contributed by atoms with van der Waals surface area (Å²) in [5, 5.41) is 14.8. The van der Waals surface area contributed by atoms with Gasteiger partial charge in [-0.15, -0.1) is 0 Å². The van der Waals surface area contributed by atoms with E-state index in [1.807, 2.05) is 24.3 Å². The van der Waals surface area contributed by atoms with Gasteiger partial charge in [-0.2, -0.15) is 0 Å². The van der Waals surface area contributed by atoms with Crippen molar-refractivity contribution < 1.29 is 24.2 Å². The molecule has 3 aliphatic carbocycles. The molecule has 1 fully saturated rings. The maximum atomic E-state index is 13.0. The van der Waals surface area contributed by atoms with E-state index < -0.39 is 24.0 Å². The molecule has 1 saturated carbocycles. The van der Waals surface area contributed by atoms with Crippen LogP contribution in [0.3, 0.4) is 0 Å². The molecule has 3 unspecified atom stereocenters. The smallest absolute Gasteiger partial charge is 0.407 e. The first-order chi connectivity index (χ1) is 16.5. The van der Waals surface area contributed by atoms with Crippen LogP contribution in [0, 0.1) is 11.8 Å². The van der Waals surface area contributed by atoms with E-state index in [-0.39, 0.29) is 30.4 Å². The number of carboxylic acids is 1. The van der Waals surface area contributed by atoms with Gasteiger partial charge in [-0.05, 0) is 47.4 Å². The van der Waals surface area contributed by atoms with E-state index in [2.05, 4.69) is 34.9 Å². The quantitative estimate of drug-likeness (QED) is 0.545. The van der Waals surface area contributed by atoms with Gasteiger partial charge in [-0.25, -0.2) is 4.79 Å². The van der Waals surface area contributed by atoms with Crippen molar-refractivity contribution in [1.82, 2.24) is 10.6 Å². The van der Waals surface area contributed by atoms with Crippen LogP contribution in [-0.4, -0.2) is 41.8 Å². The van der Waals surface area contributed by atoms with Gasteiger partial charge in [0.05, 0.1) is 5.92 Å². The first kappa shape index (κ1) is 22.2. The Kier molecular flexibility index (Phi) is 6.09. The van der Waals surface area contributed by atoms with E-state index in [1.54, 1.807) is 12.2 Å². The van der Waals surface area contributed by atoms with Crippen LogP contribution in [0.2, 0.25) is 0 Å². The van der Waals surface area contributed by atoms with Crippen LogP contribution < -0.4 is 10.6 Å². The van der Waals surface area contributed by atoms with Gasteiger partial charge < -0.3 is 20.5 Å². The normalized spacial score (nSPS) is 21.8. The van der Waals surface area contributed by atoms with Gasteiger partial charge in [-0.1, -0.05) is 67.1 Å². The van der Waals surface area contributed by atoms with Gasteiger partial charge in [0.1, 0.15) is 12.6 Å². The van der Waals surface area contributed by atoms with Gasteiger partial charge in [-0.3, -0.25) is 9.59 Å². The van der Waals surface area contributed by atoms with Gasteiger partial charge in [0.15, 0.2) is 0 Å². The van der Waals surface area contributed by atoms with Crippen LogP contribution in [0.4, 0.5) is 4.79 Å². The third-order valence-electron chi connectivity index (χ3n) is 7.25. The second-order valence-corrected chi connectivity index (χ2v) is 9.32. The fraction of sp³-hybridized carbons (Fsp3) is 0.370. The van der Waals surface area contributed by atoms with Crippen LogP contribution in [0.1, 0.15) is 42.7 Å². The topological polar surface area (TPSA) is 105 Å². The minimum atomic E-state index is -0.902. The van der Waals surface area contributed by atoms with Crippen LogP contribution in [0.15, 0.2) is 60.7 Å². The summed E-state index contributed by atoms with van der Waals surface area (Å²) in [6, 6.07) is 15.2. The molecular formula is C27H28N2O5. The minimum Gasteiger partial charge on any atom is -0.481 e. The summed E-state index contributed by atoms with van der Waals surface area (Å²) in [5.41, 5.74) is 4.57. The summed E-state index contributed by atoms with van der Waals surface area (Å²) < 4.78 is 5.64. The number of nitrogens with one attached hydrogen (secondary N) is 2. The Morgan fingerprint density at radius 1 is 0.971 bits per heavy atom. The number of benzene rings is 2. The summed E-state index contributed by atoms with van der Waals surface area (Å²) in [4.78, 5) is 36.9. The van der Waals surface area contributed by atoms with Crippen LogP contribution in [0.25, 0.3) is 11.1 Å². The molecule has 0 aliphatic heterocycles. The highest BCUT2D eigenvalue weighted by Crippen LogP contribution is 2.44. The van der Waals surface area contributed by atoms with Crippen LogP contribution >= 0.6 is 0 Å². The first-order valence-corrected chi connectivity index (χ1v) is 11.8. The zero-order chi connectivity index (χ0) is 23.7. The molecule has 0 heterocycles. The zero-order valence-corrected chi connectivity index (χ0v) is 18.8. The molecule has 7 heteroatoms. The third kappa shape index (κ3) is 4.30. The fourth-order valence-electron chi connectivity index (χ4n) is 5.20. The number of carboxylic acid groups (broad SMARTS) is 1. The highest BCUT2D eigenvalue weighted by Gasteiger charge is 2.36. The molecule has 0 radical (unpaired) electrons. The highest BCUT2D eigenvalue weighted by atomic mass is 16.5. The fourth-order valence-corrected chi connectivity index (χ4v) is 5.20. The Bertz CT molecular complexity index is 1090. The molecule has 2 aromatic rings. The maximum Gasteiger partial charge on any atom is 0.407 e. The second kappa shape index (κ2) is 9.33. The lowest BCUT2D eigenvalue weighted by Crippen LogP contribution is -2.54. The van der Waals surface area contributed by atoms with Crippen molar-refractivity contribution in [3.8, 4) is 11.1 Å².